The number of nitrogens with two attached hydrogens (primary N) is 1. The molecular formula is C11H16N2O4S. The van der Waals surface area contributed by atoms with Crippen LogP contribution in [-0.2, 0) is 10.0 Å². The Bertz CT molecular complexity index is 542. The van der Waals surface area contributed by atoms with Crippen molar-refractivity contribution in [1.29, 1.82) is 0 Å². The highest BCUT2D eigenvalue weighted by atomic mass is 32.2. The fraction of sp³-hybridized carbons (Fsp3) is 0.455. The fourth-order valence-electron chi connectivity index (χ4n) is 1.68. The van der Waals surface area contributed by atoms with Crippen LogP contribution < -0.4 is 19.9 Å². The highest BCUT2D eigenvalue weighted by Crippen LogP contribution is 2.37. The molecule has 1 heterocycles. The van der Waals surface area contributed by atoms with Crippen LogP contribution in [0.5, 0.6) is 11.5 Å². The summed E-state index contributed by atoms with van der Waals surface area (Å²) >= 11 is 0. The molecule has 0 fully saturated rings. The molecule has 1 aliphatic rings. The molecule has 2 rings (SSSR count). The number of sulfonamides is 1. The van der Waals surface area contributed by atoms with Gasteiger partial charge in [0.05, 0.1) is 17.1 Å². The van der Waals surface area contributed by atoms with Gasteiger partial charge in [0.15, 0.2) is 11.5 Å². The molecule has 0 aliphatic carbocycles. The van der Waals surface area contributed by atoms with Crippen molar-refractivity contribution in [2.75, 3.05) is 29.4 Å². The summed E-state index contributed by atoms with van der Waals surface area (Å²) in [5.74, 6) is 1.10. The molecule has 0 atom stereocenters. The lowest BCUT2D eigenvalue weighted by atomic mass is 10.2. The average Bonchev–Trinajstić information content (AvgIpc) is 2.29. The minimum Gasteiger partial charge on any atom is -0.486 e. The van der Waals surface area contributed by atoms with Gasteiger partial charge in [0.2, 0.25) is 10.0 Å². The van der Waals surface area contributed by atoms with Gasteiger partial charge in [0, 0.05) is 12.1 Å². The highest BCUT2D eigenvalue weighted by molar-refractivity contribution is 7.92. The Morgan fingerprint density at radius 3 is 2.50 bits per heavy atom. The van der Waals surface area contributed by atoms with Gasteiger partial charge in [-0.1, -0.05) is 6.92 Å². The van der Waals surface area contributed by atoms with Gasteiger partial charge in [0.1, 0.15) is 13.2 Å². The number of hydrogen-bond donors (Lipinski definition) is 2. The van der Waals surface area contributed by atoms with Crippen LogP contribution in [-0.4, -0.2) is 27.4 Å². The minimum absolute atomic E-state index is 0.0564. The summed E-state index contributed by atoms with van der Waals surface area (Å²) in [7, 11) is -3.36. The van der Waals surface area contributed by atoms with Gasteiger partial charge in [-0.25, -0.2) is 8.42 Å². The van der Waals surface area contributed by atoms with E-state index in [1.54, 1.807) is 19.1 Å². The van der Waals surface area contributed by atoms with Crippen molar-refractivity contribution in [2.24, 2.45) is 0 Å². The van der Waals surface area contributed by atoms with Crippen molar-refractivity contribution in [3.63, 3.8) is 0 Å². The molecule has 0 spiro atoms. The normalized spacial score (nSPS) is 14.3. The smallest absolute Gasteiger partial charge is 0.232 e. The first kappa shape index (κ1) is 12.8. The van der Waals surface area contributed by atoms with Crippen molar-refractivity contribution < 1.29 is 17.9 Å². The number of ether oxygens (including phenoxy) is 2. The summed E-state index contributed by atoms with van der Waals surface area (Å²) in [6, 6.07) is 3.12. The average molecular weight is 272 g/mol. The third-order valence-electron chi connectivity index (χ3n) is 2.45. The predicted octanol–water partition coefficient (Wildman–Crippen LogP) is 1.19. The van der Waals surface area contributed by atoms with E-state index < -0.39 is 10.0 Å². The first-order valence-electron chi connectivity index (χ1n) is 5.71. The molecule has 1 aromatic carbocycles. The van der Waals surface area contributed by atoms with Gasteiger partial charge in [-0.05, 0) is 6.42 Å². The summed E-state index contributed by atoms with van der Waals surface area (Å²) < 4.78 is 36.5. The maximum absolute atomic E-state index is 11.7. The molecule has 0 saturated heterocycles. The first-order chi connectivity index (χ1) is 8.52. The quantitative estimate of drug-likeness (QED) is 0.803. The van der Waals surface area contributed by atoms with Crippen molar-refractivity contribution in [3.8, 4) is 11.5 Å². The third kappa shape index (κ3) is 2.79. The molecule has 7 heteroatoms. The molecule has 3 N–H and O–H groups in total. The predicted molar refractivity (Wildman–Crippen MR) is 69.5 cm³/mol. The monoisotopic (exact) mass is 272 g/mol. The standard InChI is InChI=1S/C11H16N2O4S/c1-2-5-18(14,15)13-9-7-11-10(6-8(9)12)16-3-4-17-11/h6-7,13H,2-5,12H2,1H3. The Kier molecular flexibility index (Phi) is 3.51. The minimum atomic E-state index is -3.36. The van der Waals surface area contributed by atoms with Crippen LogP contribution >= 0.6 is 0 Å². The zero-order valence-electron chi connectivity index (χ0n) is 10.1. The van der Waals surface area contributed by atoms with Gasteiger partial charge in [-0.2, -0.15) is 0 Å². The van der Waals surface area contributed by atoms with Crippen LogP contribution in [0.15, 0.2) is 12.1 Å². The summed E-state index contributed by atoms with van der Waals surface area (Å²) in [5.41, 5.74) is 6.43. The topological polar surface area (TPSA) is 90.7 Å². The number of anilines is 2. The Balaban J connectivity index is 2.29. The van der Waals surface area contributed by atoms with E-state index in [2.05, 4.69) is 4.72 Å². The third-order valence-corrected chi connectivity index (χ3v) is 3.93. The molecular weight excluding hydrogens is 256 g/mol. The van der Waals surface area contributed by atoms with E-state index in [4.69, 9.17) is 15.2 Å². The second-order valence-corrected chi connectivity index (χ2v) is 5.85. The first-order valence-corrected chi connectivity index (χ1v) is 7.36. The molecule has 0 bridgehead atoms. The number of hydrogen-bond acceptors (Lipinski definition) is 5. The van der Waals surface area contributed by atoms with E-state index in [9.17, 15) is 8.42 Å². The molecule has 0 radical (unpaired) electrons. The summed E-state index contributed by atoms with van der Waals surface area (Å²) in [4.78, 5) is 0. The number of nitrogens with one attached hydrogen (secondary N) is 1. The molecule has 0 saturated carbocycles. The molecule has 6 nitrogen and oxygen atoms in total. The van der Waals surface area contributed by atoms with E-state index in [1.807, 2.05) is 0 Å². The number of nitrogen functional groups attached to an aromatic ring is 1. The Labute approximate surface area is 106 Å². The van der Waals surface area contributed by atoms with Crippen molar-refractivity contribution in [3.05, 3.63) is 12.1 Å². The molecule has 18 heavy (non-hydrogen) atoms. The number of rotatable bonds is 4. The van der Waals surface area contributed by atoms with E-state index in [1.165, 1.54) is 0 Å². The molecule has 0 aromatic heterocycles. The fourth-order valence-corrected chi connectivity index (χ4v) is 2.83. The van der Waals surface area contributed by atoms with Gasteiger partial charge in [-0.15, -0.1) is 0 Å². The maximum Gasteiger partial charge on any atom is 0.232 e. The molecule has 1 aliphatic heterocycles. The largest absolute Gasteiger partial charge is 0.486 e. The molecule has 1 aromatic rings. The zero-order valence-corrected chi connectivity index (χ0v) is 10.9. The zero-order chi connectivity index (χ0) is 13.2. The maximum atomic E-state index is 11.7. The second kappa shape index (κ2) is 4.93. The lowest BCUT2D eigenvalue weighted by Gasteiger charge is -2.20. The van der Waals surface area contributed by atoms with Gasteiger partial charge < -0.3 is 15.2 Å². The van der Waals surface area contributed by atoms with Crippen LogP contribution in [0.4, 0.5) is 11.4 Å². The number of fused-ring (bicyclic) bond motifs is 1. The van der Waals surface area contributed by atoms with Crippen molar-refractivity contribution in [1.82, 2.24) is 0 Å². The van der Waals surface area contributed by atoms with Gasteiger partial charge in [-0.3, -0.25) is 4.72 Å². The van der Waals surface area contributed by atoms with Crippen LogP contribution in [0.2, 0.25) is 0 Å². The molecule has 100 valence electrons. The molecule has 0 unspecified atom stereocenters. The Hall–Kier alpha value is -1.63. The van der Waals surface area contributed by atoms with Crippen LogP contribution in [0, 0.1) is 0 Å². The number of benzene rings is 1. The summed E-state index contributed by atoms with van der Waals surface area (Å²) in [6.45, 7) is 2.71. The molecule has 0 amide bonds. The van der Waals surface area contributed by atoms with Gasteiger partial charge >= 0.3 is 0 Å². The lowest BCUT2D eigenvalue weighted by Crippen LogP contribution is -2.19. The lowest BCUT2D eigenvalue weighted by molar-refractivity contribution is 0.172. The van der Waals surface area contributed by atoms with Gasteiger partial charge in [0.25, 0.3) is 0 Å². The van der Waals surface area contributed by atoms with E-state index >= 15 is 0 Å². The van der Waals surface area contributed by atoms with Crippen LogP contribution in [0.1, 0.15) is 13.3 Å². The Morgan fingerprint density at radius 2 is 1.89 bits per heavy atom. The SMILES string of the molecule is CCCS(=O)(=O)Nc1cc2c(cc1N)OCCO2. The van der Waals surface area contributed by atoms with E-state index in [0.29, 0.717) is 42.5 Å². The van der Waals surface area contributed by atoms with E-state index in [-0.39, 0.29) is 5.75 Å². The summed E-state index contributed by atoms with van der Waals surface area (Å²) in [5, 5.41) is 0. The second-order valence-electron chi connectivity index (χ2n) is 4.00. The van der Waals surface area contributed by atoms with Crippen LogP contribution in [0.3, 0.4) is 0 Å². The van der Waals surface area contributed by atoms with Crippen molar-refractivity contribution >= 4 is 21.4 Å². The van der Waals surface area contributed by atoms with Crippen molar-refractivity contribution in [2.45, 2.75) is 13.3 Å². The van der Waals surface area contributed by atoms with Crippen LogP contribution in [0.25, 0.3) is 0 Å². The highest BCUT2D eigenvalue weighted by Gasteiger charge is 2.17. The van der Waals surface area contributed by atoms with E-state index in [0.717, 1.165) is 0 Å². The summed E-state index contributed by atoms with van der Waals surface area (Å²) in [6.07, 6.45) is 0.541. The Morgan fingerprint density at radius 1 is 1.28 bits per heavy atom.